The molecule has 6 heteroatoms. The van der Waals surface area contributed by atoms with E-state index in [1.165, 1.54) is 0 Å². The maximum Gasteiger partial charge on any atom is 0.341 e. The van der Waals surface area contributed by atoms with Gasteiger partial charge in [-0.1, -0.05) is 0 Å². The Kier molecular flexibility index (Phi) is 3.18. The van der Waals surface area contributed by atoms with Crippen LogP contribution < -0.4 is 10.1 Å². The molecule has 18 heavy (non-hydrogen) atoms. The van der Waals surface area contributed by atoms with Crippen LogP contribution in [0, 0.1) is 6.92 Å². The van der Waals surface area contributed by atoms with E-state index in [1.807, 2.05) is 0 Å². The third kappa shape index (κ3) is 2.27. The number of carbonyl (C=O) groups is 1. The topological polar surface area (TPSA) is 87.2 Å². The fourth-order valence-electron chi connectivity index (χ4n) is 1.59. The van der Waals surface area contributed by atoms with Crippen molar-refractivity contribution >= 4 is 17.5 Å². The fourth-order valence-corrected chi connectivity index (χ4v) is 1.59. The molecule has 0 bridgehead atoms. The minimum absolute atomic E-state index is 0.144. The molecule has 0 saturated carbocycles. The molecule has 0 unspecified atom stereocenters. The Labute approximate surface area is 104 Å². The molecule has 6 nitrogen and oxygen atoms in total. The van der Waals surface area contributed by atoms with E-state index in [2.05, 4.69) is 15.5 Å². The molecule has 0 atom stereocenters. The van der Waals surface area contributed by atoms with Crippen LogP contribution in [0.5, 0.6) is 5.75 Å². The maximum absolute atomic E-state index is 11.1. The molecular weight excluding hydrogens is 234 g/mol. The van der Waals surface area contributed by atoms with Crippen LogP contribution in [0.4, 0.5) is 11.5 Å². The molecule has 1 aromatic carbocycles. The summed E-state index contributed by atoms with van der Waals surface area (Å²) in [7, 11) is 1.59. The van der Waals surface area contributed by atoms with Gasteiger partial charge in [-0.15, -0.1) is 0 Å². The summed E-state index contributed by atoms with van der Waals surface area (Å²) in [5, 5.41) is 18.6. The maximum atomic E-state index is 11.1. The zero-order chi connectivity index (χ0) is 13.1. The van der Waals surface area contributed by atoms with Gasteiger partial charge in [0.15, 0.2) is 5.82 Å². The van der Waals surface area contributed by atoms with Gasteiger partial charge >= 0.3 is 5.97 Å². The van der Waals surface area contributed by atoms with E-state index in [-0.39, 0.29) is 5.56 Å². The number of methoxy groups -OCH3 is 1. The van der Waals surface area contributed by atoms with Crippen LogP contribution in [0.2, 0.25) is 0 Å². The third-order valence-electron chi connectivity index (χ3n) is 2.51. The number of benzene rings is 1. The monoisotopic (exact) mass is 247 g/mol. The number of carboxylic acids is 1. The number of aromatic amines is 1. The van der Waals surface area contributed by atoms with Crippen LogP contribution in [0.3, 0.4) is 0 Å². The molecule has 0 spiro atoms. The fraction of sp³-hybridized carbons (Fsp3) is 0.167. The first-order chi connectivity index (χ1) is 8.61. The highest BCUT2D eigenvalue weighted by molar-refractivity contribution is 5.95. The number of aryl methyl sites for hydroxylation is 1. The molecule has 0 aliphatic rings. The largest absolute Gasteiger partial charge is 0.497 e. The van der Waals surface area contributed by atoms with E-state index >= 15 is 0 Å². The van der Waals surface area contributed by atoms with Gasteiger partial charge < -0.3 is 15.2 Å². The zero-order valence-corrected chi connectivity index (χ0v) is 10.0. The standard InChI is InChI=1S/C12H13N3O3/c1-7-10(12(16)17)11(15-14-7)13-8-3-5-9(18-2)6-4-8/h3-6H,1-2H3,(H,16,17)(H2,13,14,15). The summed E-state index contributed by atoms with van der Waals surface area (Å²) in [5.74, 6) is 0.0136. The Morgan fingerprint density at radius 1 is 1.39 bits per heavy atom. The number of nitrogens with zero attached hydrogens (tertiary/aromatic N) is 1. The van der Waals surface area contributed by atoms with E-state index in [9.17, 15) is 4.79 Å². The van der Waals surface area contributed by atoms with Gasteiger partial charge in [0.2, 0.25) is 0 Å². The van der Waals surface area contributed by atoms with Gasteiger partial charge in [0, 0.05) is 11.4 Å². The Balaban J connectivity index is 2.25. The average molecular weight is 247 g/mol. The Hall–Kier alpha value is -2.50. The number of nitrogens with one attached hydrogen (secondary N) is 2. The van der Waals surface area contributed by atoms with Crippen molar-refractivity contribution in [3.63, 3.8) is 0 Å². The Morgan fingerprint density at radius 3 is 2.61 bits per heavy atom. The van der Waals surface area contributed by atoms with E-state index in [1.54, 1.807) is 38.3 Å². The number of aromatic carboxylic acids is 1. The van der Waals surface area contributed by atoms with Crippen molar-refractivity contribution in [2.45, 2.75) is 6.92 Å². The molecule has 0 amide bonds. The molecule has 1 heterocycles. The molecule has 0 aliphatic heterocycles. The lowest BCUT2D eigenvalue weighted by atomic mass is 10.2. The number of hydrogen-bond donors (Lipinski definition) is 3. The highest BCUT2D eigenvalue weighted by Crippen LogP contribution is 2.22. The van der Waals surface area contributed by atoms with Crippen LogP contribution in [0.15, 0.2) is 24.3 Å². The summed E-state index contributed by atoms with van der Waals surface area (Å²) >= 11 is 0. The van der Waals surface area contributed by atoms with Crippen molar-refractivity contribution in [3.8, 4) is 5.75 Å². The molecule has 1 aromatic heterocycles. The number of carboxylic acid groups (broad SMARTS) is 1. The third-order valence-corrected chi connectivity index (χ3v) is 2.51. The van der Waals surface area contributed by atoms with Gasteiger partial charge in [-0.3, -0.25) is 5.10 Å². The SMILES string of the molecule is COc1ccc(Nc2n[nH]c(C)c2C(=O)O)cc1. The average Bonchev–Trinajstić information content (AvgIpc) is 2.71. The van der Waals surface area contributed by atoms with Crippen molar-refractivity contribution in [1.82, 2.24) is 10.2 Å². The normalized spacial score (nSPS) is 10.1. The predicted molar refractivity (Wildman–Crippen MR) is 66.6 cm³/mol. The van der Waals surface area contributed by atoms with E-state index in [0.29, 0.717) is 11.5 Å². The van der Waals surface area contributed by atoms with Crippen molar-refractivity contribution in [2.75, 3.05) is 12.4 Å². The molecule has 0 fully saturated rings. The second-order valence-corrected chi connectivity index (χ2v) is 3.73. The van der Waals surface area contributed by atoms with Crippen LogP contribution in [0.25, 0.3) is 0 Å². The lowest BCUT2D eigenvalue weighted by Crippen LogP contribution is -2.02. The number of ether oxygens (including phenoxy) is 1. The summed E-state index contributed by atoms with van der Waals surface area (Å²) in [5.41, 5.74) is 1.40. The number of aromatic nitrogens is 2. The summed E-state index contributed by atoms with van der Waals surface area (Å²) in [6, 6.07) is 7.13. The van der Waals surface area contributed by atoms with Gasteiger partial charge in [0.25, 0.3) is 0 Å². The van der Waals surface area contributed by atoms with Gasteiger partial charge in [0.05, 0.1) is 7.11 Å². The molecule has 0 saturated heterocycles. The Morgan fingerprint density at radius 2 is 2.06 bits per heavy atom. The molecule has 0 aliphatic carbocycles. The first-order valence-corrected chi connectivity index (χ1v) is 5.31. The lowest BCUT2D eigenvalue weighted by Gasteiger charge is -2.05. The van der Waals surface area contributed by atoms with Gasteiger partial charge in [0.1, 0.15) is 11.3 Å². The van der Waals surface area contributed by atoms with Gasteiger partial charge in [-0.05, 0) is 31.2 Å². The van der Waals surface area contributed by atoms with Crippen LogP contribution in [-0.4, -0.2) is 28.4 Å². The summed E-state index contributed by atoms with van der Waals surface area (Å²) in [6.45, 7) is 1.66. The van der Waals surface area contributed by atoms with E-state index < -0.39 is 5.97 Å². The quantitative estimate of drug-likeness (QED) is 0.770. The van der Waals surface area contributed by atoms with E-state index in [4.69, 9.17) is 9.84 Å². The highest BCUT2D eigenvalue weighted by atomic mass is 16.5. The van der Waals surface area contributed by atoms with Crippen LogP contribution in [0.1, 0.15) is 16.1 Å². The predicted octanol–water partition coefficient (Wildman–Crippen LogP) is 2.17. The van der Waals surface area contributed by atoms with Crippen molar-refractivity contribution in [1.29, 1.82) is 0 Å². The number of H-pyrrole nitrogens is 1. The van der Waals surface area contributed by atoms with Crippen molar-refractivity contribution in [2.24, 2.45) is 0 Å². The van der Waals surface area contributed by atoms with Crippen molar-refractivity contribution < 1.29 is 14.6 Å². The first-order valence-electron chi connectivity index (χ1n) is 5.31. The minimum Gasteiger partial charge on any atom is -0.497 e. The van der Waals surface area contributed by atoms with E-state index in [0.717, 1.165) is 11.4 Å². The van der Waals surface area contributed by atoms with Crippen LogP contribution >= 0.6 is 0 Å². The zero-order valence-electron chi connectivity index (χ0n) is 10.0. The minimum atomic E-state index is -1.02. The molecule has 0 radical (unpaired) electrons. The summed E-state index contributed by atoms with van der Waals surface area (Å²) < 4.78 is 5.04. The van der Waals surface area contributed by atoms with Gasteiger partial charge in [-0.25, -0.2) is 4.79 Å². The lowest BCUT2D eigenvalue weighted by molar-refractivity contribution is 0.0697. The molecular formula is C12H13N3O3. The number of hydrogen-bond acceptors (Lipinski definition) is 4. The summed E-state index contributed by atoms with van der Waals surface area (Å²) in [6.07, 6.45) is 0. The van der Waals surface area contributed by atoms with Gasteiger partial charge in [-0.2, -0.15) is 5.10 Å². The highest BCUT2D eigenvalue weighted by Gasteiger charge is 2.17. The molecule has 94 valence electrons. The smallest absolute Gasteiger partial charge is 0.341 e. The van der Waals surface area contributed by atoms with Crippen molar-refractivity contribution in [3.05, 3.63) is 35.5 Å². The first kappa shape index (κ1) is 12.0. The number of anilines is 2. The van der Waals surface area contributed by atoms with Crippen LogP contribution in [-0.2, 0) is 0 Å². The summed E-state index contributed by atoms with van der Waals surface area (Å²) in [4.78, 5) is 11.1. The molecule has 2 rings (SSSR count). The second-order valence-electron chi connectivity index (χ2n) is 3.73. The molecule has 2 aromatic rings. The molecule has 3 N–H and O–H groups in total. The number of rotatable bonds is 4. The second kappa shape index (κ2) is 4.79. The Bertz CT molecular complexity index is 560.